The van der Waals surface area contributed by atoms with Crippen molar-refractivity contribution in [1.29, 1.82) is 0 Å². The molecule has 1 N–H and O–H groups in total. The summed E-state index contributed by atoms with van der Waals surface area (Å²) in [5, 5.41) is 9.60. The minimum atomic E-state index is -4.80. The van der Waals surface area contributed by atoms with Crippen molar-refractivity contribution in [3.63, 3.8) is 0 Å². The molecule has 136 valence electrons. The molecule has 2 heterocycles. The van der Waals surface area contributed by atoms with Crippen LogP contribution in [0.25, 0.3) is 0 Å². The Bertz CT molecular complexity index is 675. The van der Waals surface area contributed by atoms with E-state index in [0.717, 1.165) is 12.1 Å². The van der Waals surface area contributed by atoms with Crippen LogP contribution < -0.4 is 4.74 Å². The van der Waals surface area contributed by atoms with Crippen LogP contribution in [0.2, 0.25) is 0 Å². The van der Waals surface area contributed by atoms with Crippen molar-refractivity contribution >= 4 is 11.9 Å². The van der Waals surface area contributed by atoms with Crippen molar-refractivity contribution in [1.82, 2.24) is 4.90 Å². The fraction of sp³-hybridized carbons (Fsp3) is 0.500. The number of hydrogen-bond donors (Lipinski definition) is 1. The van der Waals surface area contributed by atoms with Gasteiger partial charge in [0.1, 0.15) is 5.75 Å². The lowest BCUT2D eigenvalue weighted by molar-refractivity contribution is -0.274. The summed E-state index contributed by atoms with van der Waals surface area (Å²) >= 11 is 0. The topological polar surface area (TPSA) is 76.1 Å². The highest BCUT2D eigenvalue weighted by Crippen LogP contribution is 2.42. The molecule has 0 aromatic heterocycles. The molecule has 1 amide bonds. The lowest BCUT2D eigenvalue weighted by atomic mass is 9.74. The van der Waals surface area contributed by atoms with Crippen LogP contribution in [-0.2, 0) is 9.53 Å². The van der Waals surface area contributed by atoms with Crippen LogP contribution in [0.3, 0.4) is 0 Å². The third kappa shape index (κ3) is 3.41. The molecule has 6 nitrogen and oxygen atoms in total. The van der Waals surface area contributed by atoms with Crippen LogP contribution >= 0.6 is 0 Å². The van der Waals surface area contributed by atoms with Gasteiger partial charge in [0.2, 0.25) is 0 Å². The first-order valence-electron chi connectivity index (χ1n) is 7.67. The number of alkyl halides is 3. The zero-order valence-electron chi connectivity index (χ0n) is 13.1. The van der Waals surface area contributed by atoms with E-state index in [0.29, 0.717) is 13.0 Å². The maximum Gasteiger partial charge on any atom is 0.573 e. The molecule has 0 saturated carbocycles. The fourth-order valence-corrected chi connectivity index (χ4v) is 3.44. The Hall–Kier alpha value is -2.29. The van der Waals surface area contributed by atoms with Gasteiger partial charge in [-0.3, -0.25) is 9.59 Å². The number of carbonyl (C=O) groups is 2. The van der Waals surface area contributed by atoms with Gasteiger partial charge in [-0.1, -0.05) is 0 Å². The SMILES string of the molecule is O=C(c1ccc(OC(F)(F)F)cc1)N1C[C@@H]2COCC[C@]2(C(=O)O)C1. The van der Waals surface area contributed by atoms with Crippen LogP contribution in [0.1, 0.15) is 16.8 Å². The zero-order valence-corrected chi connectivity index (χ0v) is 13.1. The third-order valence-electron chi connectivity index (χ3n) is 4.75. The van der Waals surface area contributed by atoms with Crippen molar-refractivity contribution in [3.05, 3.63) is 29.8 Å². The van der Waals surface area contributed by atoms with Gasteiger partial charge in [0.25, 0.3) is 5.91 Å². The Kier molecular flexibility index (Phi) is 4.36. The van der Waals surface area contributed by atoms with Gasteiger partial charge in [-0.25, -0.2) is 0 Å². The quantitative estimate of drug-likeness (QED) is 0.895. The number of rotatable bonds is 3. The predicted molar refractivity (Wildman–Crippen MR) is 78.0 cm³/mol. The molecule has 2 atom stereocenters. The molecule has 2 saturated heterocycles. The van der Waals surface area contributed by atoms with E-state index in [2.05, 4.69) is 4.74 Å². The molecular formula is C16H16F3NO5. The van der Waals surface area contributed by atoms with Crippen molar-refractivity contribution in [2.75, 3.05) is 26.3 Å². The van der Waals surface area contributed by atoms with Crippen LogP contribution in [0, 0.1) is 11.3 Å². The molecule has 3 rings (SSSR count). The van der Waals surface area contributed by atoms with E-state index in [9.17, 15) is 27.9 Å². The molecule has 1 aromatic rings. The smallest absolute Gasteiger partial charge is 0.481 e. The van der Waals surface area contributed by atoms with Gasteiger partial charge in [-0.15, -0.1) is 13.2 Å². The van der Waals surface area contributed by atoms with Gasteiger partial charge in [-0.2, -0.15) is 0 Å². The first kappa shape index (κ1) is 17.5. The second kappa shape index (κ2) is 6.21. The first-order valence-corrected chi connectivity index (χ1v) is 7.67. The Morgan fingerprint density at radius 3 is 2.52 bits per heavy atom. The molecule has 0 spiro atoms. The van der Waals surface area contributed by atoms with Gasteiger partial charge in [0.15, 0.2) is 0 Å². The number of halogens is 3. The van der Waals surface area contributed by atoms with Crippen LogP contribution in [0.4, 0.5) is 13.2 Å². The number of likely N-dealkylation sites (tertiary alicyclic amines) is 1. The highest BCUT2D eigenvalue weighted by Gasteiger charge is 2.54. The van der Waals surface area contributed by atoms with E-state index in [1.165, 1.54) is 17.0 Å². The summed E-state index contributed by atoms with van der Waals surface area (Å²) in [6.07, 6.45) is -4.47. The number of amides is 1. The number of ether oxygens (including phenoxy) is 2. The summed E-state index contributed by atoms with van der Waals surface area (Å²) in [5.41, 5.74) is -0.845. The zero-order chi connectivity index (χ0) is 18.2. The number of benzene rings is 1. The maximum absolute atomic E-state index is 12.6. The maximum atomic E-state index is 12.6. The molecule has 9 heteroatoms. The highest BCUT2D eigenvalue weighted by molar-refractivity contribution is 5.95. The molecule has 0 radical (unpaired) electrons. The second-order valence-corrected chi connectivity index (χ2v) is 6.24. The summed E-state index contributed by atoms with van der Waals surface area (Å²) in [7, 11) is 0. The Morgan fingerprint density at radius 1 is 1.28 bits per heavy atom. The number of carbonyl (C=O) groups excluding carboxylic acids is 1. The second-order valence-electron chi connectivity index (χ2n) is 6.24. The molecule has 0 aliphatic carbocycles. The van der Waals surface area contributed by atoms with Gasteiger partial charge in [0.05, 0.1) is 12.0 Å². The minimum absolute atomic E-state index is 0.0655. The molecule has 0 unspecified atom stereocenters. The molecule has 25 heavy (non-hydrogen) atoms. The van der Waals surface area contributed by atoms with Gasteiger partial charge < -0.3 is 19.5 Å². The molecule has 0 bridgehead atoms. The lowest BCUT2D eigenvalue weighted by Gasteiger charge is -2.33. The van der Waals surface area contributed by atoms with Crippen molar-refractivity contribution in [2.24, 2.45) is 11.3 Å². The predicted octanol–water partition coefficient (Wildman–Crippen LogP) is 2.15. The normalized spacial score (nSPS) is 26.2. The first-order chi connectivity index (χ1) is 11.7. The molecule has 1 aromatic carbocycles. The monoisotopic (exact) mass is 359 g/mol. The summed E-state index contributed by atoms with van der Waals surface area (Å²) in [4.78, 5) is 25.7. The van der Waals surface area contributed by atoms with Crippen molar-refractivity contribution < 1.29 is 37.3 Å². The van der Waals surface area contributed by atoms with Gasteiger partial charge >= 0.3 is 12.3 Å². The number of aliphatic carboxylic acids is 1. The van der Waals surface area contributed by atoms with Crippen molar-refractivity contribution in [2.45, 2.75) is 12.8 Å². The van der Waals surface area contributed by atoms with E-state index >= 15 is 0 Å². The largest absolute Gasteiger partial charge is 0.573 e. The van der Waals surface area contributed by atoms with E-state index in [4.69, 9.17) is 4.74 Å². The Balaban J connectivity index is 1.74. The summed E-state index contributed by atoms with van der Waals surface area (Å²) in [6, 6.07) is 4.57. The molecule has 2 fully saturated rings. The number of carboxylic acid groups (broad SMARTS) is 1. The lowest BCUT2D eigenvalue weighted by Crippen LogP contribution is -2.45. The number of carboxylic acids is 1. The van der Waals surface area contributed by atoms with Gasteiger partial charge in [-0.05, 0) is 30.7 Å². The van der Waals surface area contributed by atoms with Crippen LogP contribution in [0.15, 0.2) is 24.3 Å². The average molecular weight is 359 g/mol. The van der Waals surface area contributed by atoms with Crippen molar-refractivity contribution in [3.8, 4) is 5.75 Å². The van der Waals surface area contributed by atoms with E-state index < -0.39 is 29.4 Å². The number of nitrogens with zero attached hydrogens (tertiary/aromatic N) is 1. The molecule has 2 aliphatic rings. The highest BCUT2D eigenvalue weighted by atomic mass is 19.4. The summed E-state index contributed by atoms with van der Waals surface area (Å²) in [5.74, 6) is -2.09. The average Bonchev–Trinajstić information content (AvgIpc) is 2.94. The van der Waals surface area contributed by atoms with Crippen LogP contribution in [0.5, 0.6) is 5.75 Å². The minimum Gasteiger partial charge on any atom is -0.481 e. The molecular weight excluding hydrogens is 343 g/mol. The van der Waals surface area contributed by atoms with E-state index in [1.54, 1.807) is 0 Å². The Labute approximate surface area is 141 Å². The number of fused-ring (bicyclic) bond motifs is 1. The molecule has 2 aliphatic heterocycles. The van der Waals surface area contributed by atoms with Crippen LogP contribution in [-0.4, -0.2) is 54.5 Å². The summed E-state index contributed by atoms with van der Waals surface area (Å²) < 4.78 is 45.6. The Morgan fingerprint density at radius 2 is 1.96 bits per heavy atom. The van der Waals surface area contributed by atoms with E-state index in [1.807, 2.05) is 0 Å². The summed E-state index contributed by atoms with van der Waals surface area (Å²) in [6.45, 7) is 0.907. The van der Waals surface area contributed by atoms with E-state index in [-0.39, 0.29) is 31.2 Å². The van der Waals surface area contributed by atoms with Gasteiger partial charge in [0, 0.05) is 31.2 Å². The third-order valence-corrected chi connectivity index (χ3v) is 4.75. The fourth-order valence-electron chi connectivity index (χ4n) is 3.44. The standard InChI is InChI=1S/C16H16F3NO5/c17-16(18,19)25-12-3-1-10(2-4-12)13(21)20-7-11-8-24-6-5-15(11,9-20)14(22)23/h1-4,11H,5-9H2,(H,22,23)/t11-,15+/m1/s1. The number of hydrogen-bond acceptors (Lipinski definition) is 4.